The van der Waals surface area contributed by atoms with Gasteiger partial charge < -0.3 is 0 Å². The summed E-state index contributed by atoms with van der Waals surface area (Å²) in [5.41, 5.74) is 1.72. The van der Waals surface area contributed by atoms with Crippen LogP contribution in [0, 0.1) is 5.82 Å². The summed E-state index contributed by atoms with van der Waals surface area (Å²) in [5.74, 6) is -1.45. The molecule has 9 nitrogen and oxygen atoms in total. The van der Waals surface area contributed by atoms with E-state index in [1.54, 1.807) is 0 Å². The van der Waals surface area contributed by atoms with E-state index in [1.807, 2.05) is 5.48 Å². The topological polar surface area (TPSA) is 135 Å². The van der Waals surface area contributed by atoms with E-state index in [4.69, 9.17) is 11.6 Å². The zero-order chi connectivity index (χ0) is 20.7. The van der Waals surface area contributed by atoms with Crippen LogP contribution < -0.4 is 5.48 Å². The highest BCUT2D eigenvalue weighted by molar-refractivity contribution is 7.99. The number of rotatable bonds is 9. The van der Waals surface area contributed by atoms with Gasteiger partial charge in [-0.3, -0.25) is 15.5 Å². The Morgan fingerprint density at radius 2 is 2.18 bits per heavy atom. The molecule has 28 heavy (non-hydrogen) atoms. The van der Waals surface area contributed by atoms with E-state index in [1.165, 1.54) is 18.2 Å². The lowest BCUT2D eigenvalue weighted by Crippen LogP contribution is -2.21. The first-order valence-corrected chi connectivity index (χ1v) is 11.2. The summed E-state index contributed by atoms with van der Waals surface area (Å²) < 4.78 is 40.8. The summed E-state index contributed by atoms with van der Waals surface area (Å²) in [4.78, 5) is 15.5. The van der Waals surface area contributed by atoms with Gasteiger partial charge in [-0.15, -0.1) is 11.8 Å². The molecule has 0 radical (unpaired) electrons. The maximum atomic E-state index is 14.0. The number of nitrogens with zero attached hydrogens (tertiary/aromatic N) is 3. The molecule has 0 unspecified atom stereocenters. The number of carbonyl (C=O) groups is 1. The first kappa shape index (κ1) is 22.3. The average Bonchev–Trinajstić information content (AvgIpc) is 3.07. The van der Waals surface area contributed by atoms with Gasteiger partial charge in [0, 0.05) is 18.4 Å². The molecule has 152 valence electrons. The second-order valence-electron chi connectivity index (χ2n) is 5.62. The van der Waals surface area contributed by atoms with E-state index in [2.05, 4.69) is 19.9 Å². The van der Waals surface area contributed by atoms with E-state index < -0.39 is 21.4 Å². The third-order valence-electron chi connectivity index (χ3n) is 3.21. The minimum Gasteiger partial charge on any atom is -0.299 e. The van der Waals surface area contributed by atoms with Gasteiger partial charge in [0.25, 0.3) is 0 Å². The van der Waals surface area contributed by atoms with E-state index in [-0.39, 0.29) is 39.5 Å². The Hall–Kier alpha value is -2.02. The predicted octanol–water partition coefficient (Wildman–Crippen LogP) is 2.41. The van der Waals surface area contributed by atoms with Crippen LogP contribution in [0.25, 0.3) is 0 Å². The van der Waals surface area contributed by atoms with Gasteiger partial charge in [0.15, 0.2) is 32.2 Å². The number of hydroxylamine groups is 1. The quantitative estimate of drug-likeness (QED) is 0.194. The normalized spacial score (nSPS) is 12.2. The fourth-order valence-electron chi connectivity index (χ4n) is 2.05. The highest BCUT2D eigenvalue weighted by Gasteiger charge is 2.18. The van der Waals surface area contributed by atoms with Crippen molar-refractivity contribution in [3.63, 3.8) is 0 Å². The highest BCUT2D eigenvalue weighted by atomic mass is 35.5. The van der Waals surface area contributed by atoms with Gasteiger partial charge in [0.2, 0.25) is 0 Å². The van der Waals surface area contributed by atoms with Crippen molar-refractivity contribution in [2.45, 2.75) is 17.9 Å². The van der Waals surface area contributed by atoms with Crippen molar-refractivity contribution in [1.29, 1.82) is 0 Å². The molecule has 2 aromatic rings. The first-order valence-electron chi connectivity index (χ1n) is 7.79. The second-order valence-corrected chi connectivity index (χ2v) is 9.25. The van der Waals surface area contributed by atoms with Gasteiger partial charge in [-0.05, 0) is 28.9 Å². The van der Waals surface area contributed by atoms with Crippen LogP contribution in [0.4, 0.5) is 10.1 Å². The number of carbonyl (C=O) groups excluding carboxylic acids is 1. The van der Waals surface area contributed by atoms with Crippen molar-refractivity contribution in [2.75, 3.05) is 17.8 Å². The lowest BCUT2D eigenvalue weighted by Gasteiger charge is -2.04. The predicted molar refractivity (Wildman–Crippen MR) is 102 cm³/mol. The Labute approximate surface area is 169 Å². The molecule has 13 heteroatoms. The smallest absolute Gasteiger partial charge is 0.186 e. The van der Waals surface area contributed by atoms with Gasteiger partial charge in [-0.25, -0.2) is 22.4 Å². The Morgan fingerprint density at radius 3 is 2.86 bits per heavy atom. The number of amidine groups is 1. The number of benzene rings is 1. The van der Waals surface area contributed by atoms with Crippen molar-refractivity contribution in [1.82, 2.24) is 15.8 Å². The highest BCUT2D eigenvalue weighted by Crippen LogP contribution is 2.26. The molecule has 0 saturated heterocycles. The van der Waals surface area contributed by atoms with Crippen LogP contribution >= 0.6 is 23.4 Å². The lowest BCUT2D eigenvalue weighted by atomic mass is 10.2. The van der Waals surface area contributed by atoms with Crippen LogP contribution in [-0.2, 0) is 14.6 Å². The zero-order valence-corrected chi connectivity index (χ0v) is 16.9. The van der Waals surface area contributed by atoms with Crippen LogP contribution in [-0.4, -0.2) is 53.3 Å². The third-order valence-corrected chi connectivity index (χ3v) is 5.39. The largest absolute Gasteiger partial charge is 0.299 e. The fourth-order valence-corrected chi connectivity index (χ4v) is 3.79. The minimum absolute atomic E-state index is 0.0364. The molecule has 1 aromatic carbocycles. The fraction of sp³-hybridized carbons (Fsp3) is 0.333. The first-order chi connectivity index (χ1) is 13.2. The molecule has 0 bridgehead atoms. The van der Waals surface area contributed by atoms with E-state index in [0.29, 0.717) is 12.2 Å². The van der Waals surface area contributed by atoms with Gasteiger partial charge in [0.1, 0.15) is 17.2 Å². The summed E-state index contributed by atoms with van der Waals surface area (Å²) in [6.07, 6.45) is 1.49. The van der Waals surface area contributed by atoms with Gasteiger partial charge in [0.05, 0.1) is 5.02 Å². The molecule has 0 aliphatic heterocycles. The van der Waals surface area contributed by atoms with E-state index >= 15 is 0 Å². The molecular weight excluding hydrogens is 435 g/mol. The molecule has 1 heterocycles. The zero-order valence-electron chi connectivity index (χ0n) is 14.6. The SMILES string of the molecule is CS(=O)(=O)CC(=O)CCCSc1nonc1C(=Nc1cccc(Cl)c1F)NO. The number of ketones is 1. The van der Waals surface area contributed by atoms with Crippen LogP contribution in [0.3, 0.4) is 0 Å². The van der Waals surface area contributed by atoms with Gasteiger partial charge >= 0.3 is 0 Å². The number of aromatic nitrogens is 2. The average molecular weight is 451 g/mol. The van der Waals surface area contributed by atoms with E-state index in [9.17, 15) is 22.8 Å². The number of hydrogen-bond donors (Lipinski definition) is 2. The maximum Gasteiger partial charge on any atom is 0.186 e. The number of sulfone groups is 1. The number of hydrogen-bond acceptors (Lipinski definition) is 9. The summed E-state index contributed by atoms with van der Waals surface area (Å²) in [6.45, 7) is 0. The molecule has 2 rings (SSSR count). The molecule has 0 aliphatic rings. The third kappa shape index (κ3) is 6.55. The molecule has 0 saturated carbocycles. The molecule has 1 aromatic heterocycles. The number of Topliss-reactive ketones (excluding diaryl/α,β-unsaturated/α-hetero) is 1. The molecular formula is C15H16ClFN4O5S2. The number of thioether (sulfide) groups is 1. The summed E-state index contributed by atoms with van der Waals surface area (Å²) in [7, 11) is -3.35. The maximum absolute atomic E-state index is 14.0. The Bertz CT molecular complexity index is 981. The molecule has 0 atom stereocenters. The summed E-state index contributed by atoms with van der Waals surface area (Å²) in [5, 5.41) is 16.8. The Balaban J connectivity index is 2.04. The molecule has 0 amide bonds. The summed E-state index contributed by atoms with van der Waals surface area (Å²) in [6, 6.07) is 4.20. The van der Waals surface area contributed by atoms with Gasteiger partial charge in [-0.1, -0.05) is 17.7 Å². The lowest BCUT2D eigenvalue weighted by molar-refractivity contribution is -0.116. The van der Waals surface area contributed by atoms with Crippen LogP contribution in [0.15, 0.2) is 32.8 Å². The van der Waals surface area contributed by atoms with Crippen molar-refractivity contribution < 1.29 is 27.4 Å². The van der Waals surface area contributed by atoms with Gasteiger partial charge in [-0.2, -0.15) is 0 Å². The van der Waals surface area contributed by atoms with Crippen LogP contribution in [0.2, 0.25) is 5.02 Å². The van der Waals surface area contributed by atoms with Crippen LogP contribution in [0.5, 0.6) is 0 Å². The molecule has 2 N–H and O–H groups in total. The number of halogens is 2. The molecule has 0 aliphatic carbocycles. The standard InChI is InChI=1S/C15H16ClFN4O5S2/c1-28(24,25)8-9(22)4-3-7-27-15-13(20-26-21-15)14(19-23)18-11-6-2-5-10(16)12(11)17/h2,5-6,23H,3-4,7-8H2,1H3,(H,18,19). The van der Waals surface area contributed by atoms with Crippen molar-refractivity contribution in [2.24, 2.45) is 4.99 Å². The minimum atomic E-state index is -3.35. The van der Waals surface area contributed by atoms with Crippen molar-refractivity contribution in [3.8, 4) is 0 Å². The second kappa shape index (κ2) is 9.96. The molecule has 0 fully saturated rings. The van der Waals surface area contributed by atoms with Crippen LogP contribution in [0.1, 0.15) is 18.5 Å². The Morgan fingerprint density at radius 1 is 1.43 bits per heavy atom. The summed E-state index contributed by atoms with van der Waals surface area (Å²) >= 11 is 6.86. The van der Waals surface area contributed by atoms with Crippen molar-refractivity contribution >= 4 is 50.5 Å². The molecule has 0 spiro atoms. The number of aliphatic imine (C=N–C) groups is 1. The monoisotopic (exact) mass is 450 g/mol. The Kier molecular flexibility index (Phi) is 7.92. The van der Waals surface area contributed by atoms with Crippen molar-refractivity contribution in [3.05, 3.63) is 34.7 Å². The van der Waals surface area contributed by atoms with E-state index in [0.717, 1.165) is 18.0 Å². The number of nitrogens with one attached hydrogen (secondary N) is 1.